The molecule has 1 saturated heterocycles. The molecule has 0 spiro atoms. The van der Waals surface area contributed by atoms with Gasteiger partial charge in [0.25, 0.3) is 0 Å². The number of nitrogens with zero attached hydrogens (tertiary/aromatic N) is 1. The van der Waals surface area contributed by atoms with Gasteiger partial charge in [-0.25, -0.2) is 8.42 Å². The Bertz CT molecular complexity index is 172. The van der Waals surface area contributed by atoms with Crippen LogP contribution in [0.15, 0.2) is 0 Å². The Morgan fingerprint density at radius 1 is 1.60 bits per heavy atom. The van der Waals surface area contributed by atoms with Crippen molar-refractivity contribution < 1.29 is 8.42 Å². The van der Waals surface area contributed by atoms with Crippen LogP contribution in [-0.4, -0.2) is 36.8 Å². The van der Waals surface area contributed by atoms with Crippen LogP contribution in [0.3, 0.4) is 0 Å². The maximum atomic E-state index is 10.5. The van der Waals surface area contributed by atoms with Crippen LogP contribution in [-0.2, 0) is 10.9 Å². The third-order valence-corrected chi connectivity index (χ3v) is 3.75. The summed E-state index contributed by atoms with van der Waals surface area (Å²) >= 11 is 1.82. The maximum Gasteiger partial charge on any atom is 0.204 e. The van der Waals surface area contributed by atoms with Crippen LogP contribution in [0.5, 0.6) is 0 Å². The van der Waals surface area contributed by atoms with E-state index in [-0.39, 0.29) is 6.04 Å². The SMILES string of the molecule is CC1CSCCN1[SH](=O)=O. The molecule has 3 nitrogen and oxygen atoms in total. The smallest absolute Gasteiger partial charge is 0.204 e. The van der Waals surface area contributed by atoms with E-state index in [1.54, 1.807) is 0 Å². The summed E-state index contributed by atoms with van der Waals surface area (Å²) in [7, 11) is -2.34. The Morgan fingerprint density at radius 3 is 2.70 bits per heavy atom. The van der Waals surface area contributed by atoms with E-state index in [9.17, 15) is 8.42 Å². The number of rotatable bonds is 1. The van der Waals surface area contributed by atoms with Crippen molar-refractivity contribution in [2.24, 2.45) is 0 Å². The van der Waals surface area contributed by atoms with Gasteiger partial charge in [-0.3, -0.25) is 0 Å². The molecule has 1 aliphatic rings. The Kier molecular flexibility index (Phi) is 3.00. The van der Waals surface area contributed by atoms with Crippen molar-refractivity contribution in [1.29, 1.82) is 0 Å². The van der Waals surface area contributed by atoms with Crippen molar-refractivity contribution in [1.82, 2.24) is 4.31 Å². The van der Waals surface area contributed by atoms with E-state index in [1.807, 2.05) is 18.7 Å². The molecule has 0 aromatic rings. The highest BCUT2D eigenvalue weighted by molar-refractivity contribution is 7.99. The van der Waals surface area contributed by atoms with Gasteiger partial charge in [0.2, 0.25) is 10.9 Å². The van der Waals surface area contributed by atoms with E-state index < -0.39 is 10.9 Å². The molecular weight excluding hydrogens is 170 g/mol. The van der Waals surface area contributed by atoms with Gasteiger partial charge in [-0.2, -0.15) is 16.1 Å². The summed E-state index contributed by atoms with van der Waals surface area (Å²) < 4.78 is 22.6. The molecule has 0 saturated carbocycles. The number of thiol groups is 1. The van der Waals surface area contributed by atoms with E-state index in [0.717, 1.165) is 11.5 Å². The van der Waals surface area contributed by atoms with E-state index in [4.69, 9.17) is 0 Å². The van der Waals surface area contributed by atoms with E-state index >= 15 is 0 Å². The Morgan fingerprint density at radius 2 is 2.30 bits per heavy atom. The third kappa shape index (κ3) is 1.87. The second-order valence-corrected chi connectivity index (χ2v) is 4.46. The topological polar surface area (TPSA) is 37.4 Å². The van der Waals surface area contributed by atoms with Crippen LogP contribution in [0.25, 0.3) is 0 Å². The molecule has 0 amide bonds. The summed E-state index contributed by atoms with van der Waals surface area (Å²) in [5.41, 5.74) is 0. The summed E-state index contributed by atoms with van der Waals surface area (Å²) in [5, 5.41) is 0. The molecular formula is C5H11NO2S2. The molecule has 1 rings (SSSR count). The summed E-state index contributed by atoms with van der Waals surface area (Å²) in [4.78, 5) is 0. The molecule has 1 aliphatic heterocycles. The highest BCUT2D eigenvalue weighted by Crippen LogP contribution is 2.15. The van der Waals surface area contributed by atoms with Crippen molar-refractivity contribution >= 4 is 22.7 Å². The average Bonchev–Trinajstić information content (AvgIpc) is 1.88. The monoisotopic (exact) mass is 181 g/mol. The zero-order chi connectivity index (χ0) is 7.56. The van der Waals surface area contributed by atoms with Crippen LogP contribution < -0.4 is 0 Å². The summed E-state index contributed by atoms with van der Waals surface area (Å²) in [6.45, 7) is 2.63. The molecule has 0 bridgehead atoms. The summed E-state index contributed by atoms with van der Waals surface area (Å²) in [5.74, 6) is 1.87. The largest absolute Gasteiger partial charge is 0.215 e. The molecule has 0 aliphatic carbocycles. The molecule has 0 aromatic heterocycles. The second kappa shape index (κ2) is 3.59. The zero-order valence-corrected chi connectivity index (χ0v) is 7.53. The predicted molar refractivity (Wildman–Crippen MR) is 43.8 cm³/mol. The summed E-state index contributed by atoms with van der Waals surface area (Å²) in [6.07, 6.45) is 0. The first-order chi connectivity index (χ1) is 4.72. The normalized spacial score (nSPS) is 29.2. The zero-order valence-electron chi connectivity index (χ0n) is 5.82. The minimum Gasteiger partial charge on any atom is -0.215 e. The standard InChI is InChI=1S/C5H11NO2S2/c1-5-4-9-3-2-6(5)10(7)8/h5,10H,2-4H2,1H3. The van der Waals surface area contributed by atoms with Gasteiger partial charge >= 0.3 is 0 Å². The lowest BCUT2D eigenvalue weighted by Crippen LogP contribution is -2.38. The molecule has 10 heavy (non-hydrogen) atoms. The Hall–Kier alpha value is 0.260. The molecule has 1 atom stereocenters. The van der Waals surface area contributed by atoms with Gasteiger partial charge in [0.05, 0.1) is 0 Å². The highest BCUT2D eigenvalue weighted by Gasteiger charge is 2.19. The molecule has 5 heteroatoms. The molecule has 0 radical (unpaired) electrons. The second-order valence-electron chi connectivity index (χ2n) is 2.32. The molecule has 0 N–H and O–H groups in total. The van der Waals surface area contributed by atoms with Crippen molar-refractivity contribution in [3.05, 3.63) is 0 Å². The lowest BCUT2D eigenvalue weighted by molar-refractivity contribution is 0.380. The third-order valence-electron chi connectivity index (χ3n) is 1.54. The van der Waals surface area contributed by atoms with Gasteiger partial charge < -0.3 is 0 Å². The average molecular weight is 181 g/mol. The van der Waals surface area contributed by atoms with Gasteiger partial charge in [0, 0.05) is 24.1 Å². The highest BCUT2D eigenvalue weighted by atomic mass is 32.2. The van der Waals surface area contributed by atoms with Gasteiger partial charge in [-0.1, -0.05) is 0 Å². The van der Waals surface area contributed by atoms with Gasteiger partial charge in [-0.05, 0) is 6.92 Å². The fourth-order valence-electron chi connectivity index (χ4n) is 0.961. The molecule has 0 aromatic carbocycles. The summed E-state index contributed by atoms with van der Waals surface area (Å²) in [6, 6.07) is 0.194. The van der Waals surface area contributed by atoms with Crippen LogP contribution >= 0.6 is 11.8 Å². The molecule has 60 valence electrons. The van der Waals surface area contributed by atoms with E-state index in [1.165, 1.54) is 4.31 Å². The van der Waals surface area contributed by atoms with Crippen molar-refractivity contribution in [3.8, 4) is 0 Å². The van der Waals surface area contributed by atoms with Crippen molar-refractivity contribution in [2.75, 3.05) is 18.1 Å². The maximum absolute atomic E-state index is 10.5. The number of thioether (sulfide) groups is 1. The van der Waals surface area contributed by atoms with E-state index in [2.05, 4.69) is 0 Å². The van der Waals surface area contributed by atoms with Gasteiger partial charge in [-0.15, -0.1) is 0 Å². The quantitative estimate of drug-likeness (QED) is 0.576. The van der Waals surface area contributed by atoms with Crippen LogP contribution in [0.1, 0.15) is 6.92 Å². The lowest BCUT2D eigenvalue weighted by atomic mass is 10.4. The fraction of sp³-hybridized carbons (Fsp3) is 1.00. The minimum absolute atomic E-state index is 0.194. The van der Waals surface area contributed by atoms with Gasteiger partial charge in [0.1, 0.15) is 0 Å². The number of hydrogen-bond donors (Lipinski definition) is 1. The van der Waals surface area contributed by atoms with Crippen LogP contribution in [0.2, 0.25) is 0 Å². The van der Waals surface area contributed by atoms with E-state index in [0.29, 0.717) is 6.54 Å². The molecule has 1 fully saturated rings. The van der Waals surface area contributed by atoms with Crippen LogP contribution in [0.4, 0.5) is 0 Å². The first kappa shape index (κ1) is 8.36. The van der Waals surface area contributed by atoms with Crippen LogP contribution in [0, 0.1) is 0 Å². The first-order valence-corrected chi connectivity index (χ1v) is 5.49. The molecule has 1 unspecified atom stereocenters. The fourth-order valence-corrected chi connectivity index (χ4v) is 2.89. The predicted octanol–water partition coefficient (Wildman–Crippen LogP) is -0.0499. The Labute approximate surface area is 66.9 Å². The Balaban J connectivity index is 2.56. The van der Waals surface area contributed by atoms with Crippen molar-refractivity contribution in [2.45, 2.75) is 13.0 Å². The van der Waals surface area contributed by atoms with Gasteiger partial charge in [0.15, 0.2) is 0 Å². The minimum atomic E-state index is -2.34. The number of hydrogen-bond acceptors (Lipinski definition) is 3. The lowest BCUT2D eigenvalue weighted by Gasteiger charge is -2.26. The van der Waals surface area contributed by atoms with Crippen molar-refractivity contribution in [3.63, 3.8) is 0 Å². The first-order valence-electron chi connectivity index (χ1n) is 3.20. The molecule has 1 heterocycles.